The minimum absolute atomic E-state index is 0.0236. The summed E-state index contributed by atoms with van der Waals surface area (Å²) in [5, 5.41) is 7.98. The van der Waals surface area contributed by atoms with Crippen LogP contribution in [-0.2, 0) is 21.2 Å². The average molecular weight is 476 g/mol. The molecule has 4 aromatic rings. The van der Waals surface area contributed by atoms with E-state index in [1.165, 1.54) is 28.6 Å². The third-order valence-electron chi connectivity index (χ3n) is 5.60. The largest absolute Gasteiger partial charge is 0.449 e. The predicted octanol–water partition coefficient (Wildman–Crippen LogP) is 4.41. The molecule has 1 aliphatic rings. The number of para-hydroxylation sites is 1. The maximum atomic E-state index is 13.3. The molecule has 0 N–H and O–H groups in total. The highest BCUT2D eigenvalue weighted by Gasteiger charge is 2.31. The van der Waals surface area contributed by atoms with Crippen molar-refractivity contribution in [3.63, 3.8) is 0 Å². The molecule has 1 aliphatic heterocycles. The molecule has 0 amide bonds. The van der Waals surface area contributed by atoms with Gasteiger partial charge in [0.05, 0.1) is 16.1 Å². The Balaban J connectivity index is 1.34. The molecular weight excluding hydrogens is 454 g/mol. The number of aromatic nitrogens is 2. The van der Waals surface area contributed by atoms with Crippen molar-refractivity contribution in [3.8, 4) is 11.5 Å². The quantitative estimate of drug-likeness (QED) is 0.381. The molecule has 0 saturated carbocycles. The van der Waals surface area contributed by atoms with Crippen LogP contribution >= 0.6 is 0 Å². The smallest absolute Gasteiger partial charge is 0.338 e. The molecule has 0 spiro atoms. The van der Waals surface area contributed by atoms with E-state index < -0.39 is 22.1 Å². The molecule has 0 saturated heterocycles. The minimum Gasteiger partial charge on any atom is -0.449 e. The lowest BCUT2D eigenvalue weighted by atomic mass is 10.2. The molecule has 172 valence electrons. The van der Waals surface area contributed by atoms with Gasteiger partial charge >= 0.3 is 5.97 Å². The number of anilines is 1. The Kier molecular flexibility index (Phi) is 5.62. The first-order valence-electron chi connectivity index (χ1n) is 10.7. The molecule has 2 heterocycles. The van der Waals surface area contributed by atoms with E-state index in [9.17, 15) is 13.2 Å². The Bertz CT molecular complexity index is 1450. The predicted molar refractivity (Wildman–Crippen MR) is 125 cm³/mol. The number of fused-ring (bicyclic) bond motifs is 1. The van der Waals surface area contributed by atoms with Crippen LogP contribution in [0.4, 0.5) is 5.69 Å². The summed E-state index contributed by atoms with van der Waals surface area (Å²) in [6, 6.07) is 22.5. The first-order chi connectivity index (χ1) is 16.4. The molecule has 34 heavy (non-hydrogen) atoms. The molecule has 0 fully saturated rings. The van der Waals surface area contributed by atoms with Gasteiger partial charge in [0, 0.05) is 12.1 Å². The molecule has 8 nitrogen and oxygen atoms in total. The van der Waals surface area contributed by atoms with Gasteiger partial charge in [0.1, 0.15) is 0 Å². The van der Waals surface area contributed by atoms with Crippen LogP contribution in [0.2, 0.25) is 0 Å². The van der Waals surface area contributed by atoms with E-state index in [-0.39, 0.29) is 16.3 Å². The highest BCUT2D eigenvalue weighted by atomic mass is 32.2. The molecule has 1 atom stereocenters. The molecule has 0 aliphatic carbocycles. The summed E-state index contributed by atoms with van der Waals surface area (Å²) < 4.78 is 39.1. The topological polar surface area (TPSA) is 103 Å². The van der Waals surface area contributed by atoms with Crippen molar-refractivity contribution >= 4 is 21.7 Å². The lowest BCUT2D eigenvalue weighted by Gasteiger charge is -2.20. The fourth-order valence-corrected chi connectivity index (χ4v) is 5.39. The summed E-state index contributed by atoms with van der Waals surface area (Å²) in [6.45, 7) is 1.97. The van der Waals surface area contributed by atoms with Crippen LogP contribution in [0.25, 0.3) is 11.5 Å². The van der Waals surface area contributed by atoms with Crippen molar-refractivity contribution < 1.29 is 22.4 Å². The van der Waals surface area contributed by atoms with Crippen molar-refractivity contribution in [1.29, 1.82) is 0 Å². The Morgan fingerprint density at radius 2 is 1.76 bits per heavy atom. The number of esters is 1. The third kappa shape index (κ3) is 4.06. The van der Waals surface area contributed by atoms with Crippen LogP contribution in [-0.4, -0.2) is 31.1 Å². The van der Waals surface area contributed by atoms with Crippen molar-refractivity contribution in [3.05, 3.63) is 95.9 Å². The van der Waals surface area contributed by atoms with Crippen LogP contribution in [0.1, 0.15) is 34.8 Å². The number of ether oxygens (including phenoxy) is 1. The second-order valence-electron chi connectivity index (χ2n) is 7.84. The summed E-state index contributed by atoms with van der Waals surface area (Å²) in [7, 11) is -3.83. The van der Waals surface area contributed by atoms with E-state index in [0.29, 0.717) is 24.5 Å². The van der Waals surface area contributed by atoms with E-state index in [1.807, 2.05) is 48.5 Å². The van der Waals surface area contributed by atoms with Crippen LogP contribution in [0.3, 0.4) is 0 Å². The van der Waals surface area contributed by atoms with Crippen molar-refractivity contribution in [2.75, 3.05) is 10.8 Å². The molecule has 9 heteroatoms. The zero-order valence-electron chi connectivity index (χ0n) is 18.3. The van der Waals surface area contributed by atoms with Crippen LogP contribution in [0.5, 0.6) is 0 Å². The third-order valence-corrected chi connectivity index (χ3v) is 7.40. The second-order valence-corrected chi connectivity index (χ2v) is 9.71. The zero-order valence-corrected chi connectivity index (χ0v) is 19.1. The molecule has 5 rings (SSSR count). The van der Waals surface area contributed by atoms with E-state index in [4.69, 9.17) is 9.15 Å². The van der Waals surface area contributed by atoms with Gasteiger partial charge < -0.3 is 9.15 Å². The summed E-state index contributed by atoms with van der Waals surface area (Å²) >= 11 is 0. The molecule has 0 radical (unpaired) electrons. The Morgan fingerprint density at radius 1 is 1.00 bits per heavy atom. The van der Waals surface area contributed by atoms with Crippen molar-refractivity contribution in [2.45, 2.75) is 24.3 Å². The highest BCUT2D eigenvalue weighted by Crippen LogP contribution is 2.33. The summed E-state index contributed by atoms with van der Waals surface area (Å²) in [4.78, 5) is 12.8. The minimum atomic E-state index is -3.83. The molecule has 3 aromatic carbocycles. The van der Waals surface area contributed by atoms with Crippen LogP contribution < -0.4 is 4.31 Å². The lowest BCUT2D eigenvalue weighted by Crippen LogP contribution is -2.29. The van der Waals surface area contributed by atoms with Gasteiger partial charge in [-0.05, 0) is 55.3 Å². The van der Waals surface area contributed by atoms with E-state index >= 15 is 0 Å². The first-order valence-corrected chi connectivity index (χ1v) is 12.2. The van der Waals surface area contributed by atoms with Gasteiger partial charge in [-0.3, -0.25) is 4.31 Å². The standard InChI is InChI=1S/C25H21N3O5S/c1-17(23-26-27-24(33-23)19-9-3-2-4-10-19)32-25(29)20-11-7-12-21(16-20)34(30,31)28-15-14-18-8-5-6-13-22(18)28/h2-13,16-17H,14-15H2,1H3. The Morgan fingerprint density at radius 3 is 2.59 bits per heavy atom. The van der Waals surface area contributed by atoms with Gasteiger partial charge in [-0.1, -0.05) is 42.5 Å². The number of rotatable bonds is 6. The van der Waals surface area contributed by atoms with Crippen molar-refractivity contribution in [2.24, 2.45) is 0 Å². The van der Waals surface area contributed by atoms with E-state index in [1.54, 1.807) is 13.0 Å². The maximum absolute atomic E-state index is 13.3. The van der Waals surface area contributed by atoms with Gasteiger partial charge in [-0.15, -0.1) is 10.2 Å². The number of sulfonamides is 1. The number of carbonyl (C=O) groups excluding carboxylic acids is 1. The number of carbonyl (C=O) groups is 1. The average Bonchev–Trinajstić information content (AvgIpc) is 3.53. The summed E-state index contributed by atoms with van der Waals surface area (Å²) in [5.41, 5.74) is 2.50. The zero-order chi connectivity index (χ0) is 23.7. The Hall–Kier alpha value is -3.98. The highest BCUT2D eigenvalue weighted by molar-refractivity contribution is 7.92. The SMILES string of the molecule is CC(OC(=O)c1cccc(S(=O)(=O)N2CCc3ccccc32)c1)c1nnc(-c2ccccc2)o1. The maximum Gasteiger partial charge on any atom is 0.338 e. The lowest BCUT2D eigenvalue weighted by molar-refractivity contribution is 0.0279. The number of benzene rings is 3. The first kappa shape index (κ1) is 21.8. The summed E-state index contributed by atoms with van der Waals surface area (Å²) in [5.74, 6) is -0.229. The fourth-order valence-electron chi connectivity index (χ4n) is 3.84. The molecule has 0 bridgehead atoms. The van der Waals surface area contributed by atoms with E-state index in [2.05, 4.69) is 10.2 Å². The van der Waals surface area contributed by atoms with Crippen LogP contribution in [0, 0.1) is 0 Å². The number of hydrogen-bond acceptors (Lipinski definition) is 7. The van der Waals surface area contributed by atoms with Gasteiger partial charge in [-0.25, -0.2) is 13.2 Å². The fraction of sp³-hybridized carbons (Fsp3) is 0.160. The van der Waals surface area contributed by atoms with Crippen molar-refractivity contribution in [1.82, 2.24) is 10.2 Å². The monoisotopic (exact) mass is 475 g/mol. The van der Waals surface area contributed by atoms with Gasteiger partial charge in [0.2, 0.25) is 5.89 Å². The Labute approximate surface area is 196 Å². The molecule has 1 unspecified atom stereocenters. The van der Waals surface area contributed by atoms with E-state index in [0.717, 1.165) is 11.1 Å². The number of hydrogen-bond donors (Lipinski definition) is 0. The normalized spacial score (nSPS) is 14.0. The van der Waals surface area contributed by atoms with Gasteiger partial charge in [0.15, 0.2) is 6.10 Å². The molecular formula is C25H21N3O5S. The molecule has 1 aromatic heterocycles. The summed E-state index contributed by atoms with van der Waals surface area (Å²) in [6.07, 6.45) is -0.174. The second kappa shape index (κ2) is 8.75. The number of nitrogens with zero attached hydrogens (tertiary/aromatic N) is 3. The van der Waals surface area contributed by atoms with Gasteiger partial charge in [0.25, 0.3) is 15.9 Å². The van der Waals surface area contributed by atoms with Crippen LogP contribution in [0.15, 0.2) is 88.2 Å². The van der Waals surface area contributed by atoms with Gasteiger partial charge in [-0.2, -0.15) is 0 Å².